The molecular weight excluding hydrogens is 348 g/mol. The number of hydrogen-bond donors (Lipinski definition) is 2. The van der Waals surface area contributed by atoms with Crippen molar-refractivity contribution in [3.63, 3.8) is 0 Å². The second-order valence-corrected chi connectivity index (χ2v) is 6.57. The molecule has 2 amide bonds. The number of carbonyl (C=O) groups is 2. The Kier molecular flexibility index (Phi) is 5.34. The minimum Gasteiger partial charge on any atom is -0.496 e. The maximum Gasteiger partial charge on any atom is 0.265 e. The zero-order valence-electron chi connectivity index (χ0n) is 14.4. The molecule has 1 aromatic heterocycles. The molecule has 2 N–H and O–H groups in total. The molecule has 0 radical (unpaired) electrons. The van der Waals surface area contributed by atoms with Gasteiger partial charge in [-0.1, -0.05) is 24.3 Å². The van der Waals surface area contributed by atoms with Crippen molar-refractivity contribution in [2.45, 2.75) is 6.92 Å². The molecule has 132 valence electrons. The van der Waals surface area contributed by atoms with Crippen molar-refractivity contribution < 1.29 is 14.3 Å². The molecular formula is C20H18N2O3S. The average molecular weight is 366 g/mol. The number of para-hydroxylation sites is 1. The Balaban J connectivity index is 1.76. The lowest BCUT2D eigenvalue weighted by atomic mass is 10.1. The topological polar surface area (TPSA) is 67.4 Å². The van der Waals surface area contributed by atoms with E-state index in [0.29, 0.717) is 27.6 Å². The molecule has 0 bridgehead atoms. The molecule has 0 saturated carbocycles. The van der Waals surface area contributed by atoms with E-state index in [2.05, 4.69) is 10.6 Å². The van der Waals surface area contributed by atoms with E-state index >= 15 is 0 Å². The van der Waals surface area contributed by atoms with Gasteiger partial charge in [0, 0.05) is 11.4 Å². The first-order valence-electron chi connectivity index (χ1n) is 7.98. The summed E-state index contributed by atoms with van der Waals surface area (Å²) in [6.07, 6.45) is 0. The summed E-state index contributed by atoms with van der Waals surface area (Å²) in [5, 5.41) is 7.51. The highest BCUT2D eigenvalue weighted by Crippen LogP contribution is 2.24. The maximum absolute atomic E-state index is 12.6. The van der Waals surface area contributed by atoms with Crippen LogP contribution in [-0.4, -0.2) is 18.9 Å². The number of ether oxygens (including phenoxy) is 1. The number of anilines is 2. The van der Waals surface area contributed by atoms with Gasteiger partial charge in [-0.2, -0.15) is 0 Å². The first-order chi connectivity index (χ1) is 12.6. The summed E-state index contributed by atoms with van der Waals surface area (Å²) in [6.45, 7) is 1.89. The van der Waals surface area contributed by atoms with Gasteiger partial charge in [-0.05, 0) is 48.2 Å². The van der Waals surface area contributed by atoms with Crippen LogP contribution in [0.2, 0.25) is 0 Å². The summed E-state index contributed by atoms with van der Waals surface area (Å²) in [5.41, 5.74) is 2.54. The molecule has 3 rings (SSSR count). The standard InChI is InChI=1S/C20H18N2O3S/c1-13-6-3-9-16(18(13)25-2)19(23)21-14-7-4-8-15(12-14)22-20(24)17-10-5-11-26-17/h3-12H,1-2H3,(H,21,23)(H,22,24). The van der Waals surface area contributed by atoms with Crippen molar-refractivity contribution in [3.05, 3.63) is 76.0 Å². The molecule has 2 aromatic carbocycles. The summed E-state index contributed by atoms with van der Waals surface area (Å²) in [5.74, 6) is 0.100. The molecule has 1 heterocycles. The van der Waals surface area contributed by atoms with E-state index in [9.17, 15) is 9.59 Å². The van der Waals surface area contributed by atoms with Gasteiger partial charge in [0.15, 0.2) is 0 Å². The molecule has 0 unspecified atom stereocenters. The fraction of sp³-hybridized carbons (Fsp3) is 0.100. The Labute approximate surface area is 155 Å². The van der Waals surface area contributed by atoms with Crippen LogP contribution in [-0.2, 0) is 0 Å². The third-order valence-electron chi connectivity index (χ3n) is 3.78. The number of thiophene rings is 1. The monoisotopic (exact) mass is 366 g/mol. The molecule has 0 aliphatic heterocycles. The van der Waals surface area contributed by atoms with Crippen molar-refractivity contribution in [1.29, 1.82) is 0 Å². The molecule has 3 aromatic rings. The Morgan fingerprint density at radius 3 is 2.27 bits per heavy atom. The van der Waals surface area contributed by atoms with E-state index in [1.54, 1.807) is 43.5 Å². The molecule has 0 atom stereocenters. The van der Waals surface area contributed by atoms with Crippen LogP contribution in [0.1, 0.15) is 25.6 Å². The summed E-state index contributed by atoms with van der Waals surface area (Å²) < 4.78 is 5.34. The lowest BCUT2D eigenvalue weighted by molar-refractivity contribution is 0.101. The van der Waals surface area contributed by atoms with E-state index in [1.165, 1.54) is 11.3 Å². The predicted octanol–water partition coefficient (Wildman–Crippen LogP) is 4.57. The van der Waals surface area contributed by atoms with Crippen LogP contribution in [0.4, 0.5) is 11.4 Å². The fourth-order valence-electron chi connectivity index (χ4n) is 2.58. The molecule has 0 fully saturated rings. The van der Waals surface area contributed by atoms with Crippen molar-refractivity contribution in [2.75, 3.05) is 17.7 Å². The van der Waals surface area contributed by atoms with Gasteiger partial charge >= 0.3 is 0 Å². The minimum atomic E-state index is -0.271. The van der Waals surface area contributed by atoms with Gasteiger partial charge in [-0.25, -0.2) is 0 Å². The van der Waals surface area contributed by atoms with Gasteiger partial charge in [0.05, 0.1) is 17.6 Å². The first kappa shape index (κ1) is 17.7. The van der Waals surface area contributed by atoms with Crippen LogP contribution in [0.15, 0.2) is 60.0 Å². The third-order valence-corrected chi connectivity index (χ3v) is 4.65. The van der Waals surface area contributed by atoms with Crippen LogP contribution >= 0.6 is 11.3 Å². The summed E-state index contributed by atoms with van der Waals surface area (Å²) in [7, 11) is 1.54. The Morgan fingerprint density at radius 2 is 1.62 bits per heavy atom. The van der Waals surface area contributed by atoms with Crippen molar-refractivity contribution in [1.82, 2.24) is 0 Å². The molecule has 0 aliphatic carbocycles. The van der Waals surface area contributed by atoms with Crippen LogP contribution in [0.3, 0.4) is 0 Å². The van der Waals surface area contributed by atoms with Crippen molar-refractivity contribution >= 4 is 34.5 Å². The zero-order chi connectivity index (χ0) is 18.5. The zero-order valence-corrected chi connectivity index (χ0v) is 15.2. The quantitative estimate of drug-likeness (QED) is 0.695. The largest absolute Gasteiger partial charge is 0.496 e. The smallest absolute Gasteiger partial charge is 0.265 e. The predicted molar refractivity (Wildman–Crippen MR) is 104 cm³/mol. The lowest BCUT2D eigenvalue weighted by Crippen LogP contribution is -2.14. The molecule has 0 aliphatic rings. The van der Waals surface area contributed by atoms with Gasteiger partial charge in [0.2, 0.25) is 0 Å². The second-order valence-electron chi connectivity index (χ2n) is 5.62. The summed E-state index contributed by atoms with van der Waals surface area (Å²) in [4.78, 5) is 25.4. The second kappa shape index (κ2) is 7.84. The van der Waals surface area contributed by atoms with E-state index in [4.69, 9.17) is 4.74 Å². The van der Waals surface area contributed by atoms with E-state index < -0.39 is 0 Å². The van der Waals surface area contributed by atoms with Crippen LogP contribution < -0.4 is 15.4 Å². The number of nitrogens with one attached hydrogen (secondary N) is 2. The number of aryl methyl sites for hydroxylation is 1. The highest BCUT2D eigenvalue weighted by Gasteiger charge is 2.14. The number of carbonyl (C=O) groups excluding carboxylic acids is 2. The SMILES string of the molecule is COc1c(C)cccc1C(=O)Nc1cccc(NC(=O)c2cccs2)c1. The van der Waals surface area contributed by atoms with Crippen molar-refractivity contribution in [2.24, 2.45) is 0 Å². The van der Waals surface area contributed by atoms with Crippen LogP contribution in [0, 0.1) is 6.92 Å². The Hall–Kier alpha value is -3.12. The molecule has 5 nitrogen and oxygen atoms in total. The maximum atomic E-state index is 12.6. The summed E-state index contributed by atoms with van der Waals surface area (Å²) in [6, 6.07) is 16.0. The highest BCUT2D eigenvalue weighted by molar-refractivity contribution is 7.12. The Bertz CT molecular complexity index is 936. The number of methoxy groups -OCH3 is 1. The van der Waals surface area contributed by atoms with Gasteiger partial charge in [0.1, 0.15) is 5.75 Å². The van der Waals surface area contributed by atoms with E-state index in [0.717, 1.165) is 5.56 Å². The van der Waals surface area contributed by atoms with Crippen LogP contribution in [0.25, 0.3) is 0 Å². The number of amides is 2. The van der Waals surface area contributed by atoms with E-state index in [-0.39, 0.29) is 11.8 Å². The van der Waals surface area contributed by atoms with Gasteiger partial charge in [0.25, 0.3) is 11.8 Å². The Morgan fingerprint density at radius 1 is 0.923 bits per heavy atom. The normalized spacial score (nSPS) is 10.2. The van der Waals surface area contributed by atoms with Gasteiger partial charge < -0.3 is 15.4 Å². The van der Waals surface area contributed by atoms with E-state index in [1.807, 2.05) is 30.5 Å². The number of benzene rings is 2. The lowest BCUT2D eigenvalue weighted by Gasteiger charge is -2.12. The first-order valence-corrected chi connectivity index (χ1v) is 8.86. The molecule has 0 spiro atoms. The number of rotatable bonds is 5. The van der Waals surface area contributed by atoms with Gasteiger partial charge in [-0.3, -0.25) is 9.59 Å². The molecule has 6 heteroatoms. The number of hydrogen-bond acceptors (Lipinski definition) is 4. The van der Waals surface area contributed by atoms with Crippen molar-refractivity contribution in [3.8, 4) is 5.75 Å². The molecule has 26 heavy (non-hydrogen) atoms. The minimum absolute atomic E-state index is 0.177. The summed E-state index contributed by atoms with van der Waals surface area (Å²) >= 11 is 1.37. The third kappa shape index (κ3) is 3.92. The molecule has 0 saturated heterocycles. The fourth-order valence-corrected chi connectivity index (χ4v) is 3.19. The van der Waals surface area contributed by atoms with Crippen LogP contribution in [0.5, 0.6) is 5.75 Å². The van der Waals surface area contributed by atoms with Gasteiger partial charge in [-0.15, -0.1) is 11.3 Å². The average Bonchev–Trinajstić information content (AvgIpc) is 3.16. The highest BCUT2D eigenvalue weighted by atomic mass is 32.1.